The lowest BCUT2D eigenvalue weighted by Crippen LogP contribution is -2.19. The maximum atomic E-state index is 12.1. The minimum Gasteiger partial charge on any atom is -0.267 e. The molecule has 0 fully saturated rings. The van der Waals surface area contributed by atoms with Crippen LogP contribution in [-0.2, 0) is 12.8 Å². The minimum atomic E-state index is -0.0905. The van der Waals surface area contributed by atoms with E-state index in [4.69, 9.17) is 0 Å². The average molecular weight is 290 g/mol. The van der Waals surface area contributed by atoms with Gasteiger partial charge in [0.05, 0.1) is 11.8 Å². The van der Waals surface area contributed by atoms with Gasteiger partial charge in [-0.3, -0.25) is 4.79 Å². The number of hydrogen-bond donors (Lipinski definition) is 1. The molecule has 2 heterocycles. The van der Waals surface area contributed by atoms with E-state index in [0.717, 1.165) is 23.3 Å². The first-order valence-electron chi connectivity index (χ1n) is 6.31. The predicted octanol–water partition coefficient (Wildman–Crippen LogP) is 3.45. The molecule has 0 saturated heterocycles. The van der Waals surface area contributed by atoms with E-state index in [-0.39, 0.29) is 5.91 Å². The van der Waals surface area contributed by atoms with Crippen LogP contribution in [0.5, 0.6) is 0 Å². The number of nitrogens with zero attached hydrogens (tertiary/aromatic N) is 1. The first-order valence-corrected chi connectivity index (χ1v) is 8.06. The van der Waals surface area contributed by atoms with Crippen molar-refractivity contribution in [3.63, 3.8) is 0 Å². The Balaban J connectivity index is 1.69. The summed E-state index contributed by atoms with van der Waals surface area (Å²) in [5.41, 5.74) is 4.66. The fourth-order valence-electron chi connectivity index (χ4n) is 2.26. The second-order valence-electron chi connectivity index (χ2n) is 4.47. The van der Waals surface area contributed by atoms with Crippen LogP contribution in [0.3, 0.4) is 0 Å². The molecular weight excluding hydrogens is 276 g/mol. The summed E-state index contributed by atoms with van der Waals surface area (Å²) in [5, 5.41) is 7.96. The number of carbonyl (C=O) groups is 1. The van der Waals surface area contributed by atoms with Crippen LogP contribution in [0, 0.1) is 0 Å². The molecule has 1 amide bonds. The van der Waals surface area contributed by atoms with Gasteiger partial charge in [-0.2, -0.15) is 5.10 Å². The summed E-state index contributed by atoms with van der Waals surface area (Å²) in [4.78, 5) is 14.5. The van der Waals surface area contributed by atoms with Gasteiger partial charge >= 0.3 is 0 Å². The fraction of sp³-hybridized carbons (Fsp3) is 0.286. The number of hydrogen-bond acceptors (Lipinski definition) is 4. The Kier molecular flexibility index (Phi) is 3.75. The van der Waals surface area contributed by atoms with Gasteiger partial charge in [0.1, 0.15) is 0 Å². The minimum absolute atomic E-state index is 0.0905. The summed E-state index contributed by atoms with van der Waals surface area (Å²) in [7, 11) is 0. The van der Waals surface area contributed by atoms with Gasteiger partial charge in [-0.25, -0.2) is 5.43 Å². The molecule has 0 aliphatic heterocycles. The third-order valence-electron chi connectivity index (χ3n) is 3.21. The zero-order chi connectivity index (χ0) is 13.1. The molecule has 0 saturated carbocycles. The van der Waals surface area contributed by atoms with Gasteiger partial charge < -0.3 is 0 Å². The van der Waals surface area contributed by atoms with Gasteiger partial charge in [-0.1, -0.05) is 6.07 Å². The van der Waals surface area contributed by atoms with E-state index in [9.17, 15) is 4.79 Å². The molecule has 5 heteroatoms. The quantitative estimate of drug-likeness (QED) is 0.682. The Morgan fingerprint density at radius 1 is 1.32 bits per heavy atom. The molecule has 1 N–H and O–H groups in total. The van der Waals surface area contributed by atoms with Gasteiger partial charge in [0.25, 0.3) is 5.91 Å². The Labute approximate surface area is 120 Å². The smallest absolute Gasteiger partial charge is 0.267 e. The van der Waals surface area contributed by atoms with Gasteiger partial charge in [0, 0.05) is 15.1 Å². The van der Waals surface area contributed by atoms with Crippen molar-refractivity contribution in [2.45, 2.75) is 25.7 Å². The predicted molar refractivity (Wildman–Crippen MR) is 80.3 cm³/mol. The molecule has 0 radical (unpaired) electrons. The van der Waals surface area contributed by atoms with Gasteiger partial charge in [-0.15, -0.1) is 22.7 Å². The molecule has 3 rings (SSSR count). The number of rotatable bonds is 3. The number of carbonyl (C=O) groups excluding carboxylic acids is 1. The summed E-state index contributed by atoms with van der Waals surface area (Å²) in [6.07, 6.45) is 6.25. The fourth-order valence-corrected chi connectivity index (χ4v) is 3.97. The van der Waals surface area contributed by atoms with Crippen molar-refractivity contribution in [2.75, 3.05) is 0 Å². The lowest BCUT2D eigenvalue weighted by Gasteiger charge is -2.11. The Morgan fingerprint density at radius 3 is 3.05 bits per heavy atom. The Morgan fingerprint density at radius 2 is 2.21 bits per heavy atom. The summed E-state index contributed by atoms with van der Waals surface area (Å²) in [6, 6.07) is 3.93. The largest absolute Gasteiger partial charge is 0.272 e. The number of aryl methyl sites for hydroxylation is 1. The van der Waals surface area contributed by atoms with E-state index in [1.165, 1.54) is 23.3 Å². The van der Waals surface area contributed by atoms with Crippen LogP contribution in [-0.4, -0.2) is 12.1 Å². The standard InChI is InChI=1S/C14H14N2OS2/c17-14(16-15-8-10-4-3-7-18-10)12-9-19-13-6-2-1-5-11(12)13/h3-4,7-9H,1-2,5-6H2,(H,16,17)/b15-8+. The van der Waals surface area contributed by atoms with Crippen molar-refractivity contribution in [2.24, 2.45) is 5.10 Å². The Bertz CT molecular complexity index is 599. The zero-order valence-electron chi connectivity index (χ0n) is 10.4. The molecule has 3 nitrogen and oxygen atoms in total. The molecule has 19 heavy (non-hydrogen) atoms. The van der Waals surface area contributed by atoms with Crippen molar-refractivity contribution in [1.82, 2.24) is 5.43 Å². The first kappa shape index (κ1) is 12.6. The van der Waals surface area contributed by atoms with Crippen molar-refractivity contribution >= 4 is 34.8 Å². The topological polar surface area (TPSA) is 41.5 Å². The van der Waals surface area contributed by atoms with Crippen LogP contribution >= 0.6 is 22.7 Å². The maximum Gasteiger partial charge on any atom is 0.272 e. The molecule has 0 atom stereocenters. The molecule has 1 aliphatic carbocycles. The molecule has 2 aromatic rings. The van der Waals surface area contributed by atoms with Crippen molar-refractivity contribution < 1.29 is 4.79 Å². The first-order chi connectivity index (χ1) is 9.34. The number of hydrazone groups is 1. The van der Waals surface area contributed by atoms with Gasteiger partial charge in [0.2, 0.25) is 0 Å². The van der Waals surface area contributed by atoms with E-state index in [2.05, 4.69) is 10.5 Å². The molecule has 0 bridgehead atoms. The highest BCUT2D eigenvalue weighted by atomic mass is 32.1. The molecule has 98 valence electrons. The van der Waals surface area contributed by atoms with Crippen LogP contribution in [0.15, 0.2) is 28.0 Å². The normalized spacial score (nSPS) is 14.5. The van der Waals surface area contributed by atoms with Crippen molar-refractivity contribution in [3.05, 3.63) is 43.8 Å². The van der Waals surface area contributed by atoms with Crippen LogP contribution in [0.25, 0.3) is 0 Å². The summed E-state index contributed by atoms with van der Waals surface area (Å²) in [5.74, 6) is -0.0905. The van der Waals surface area contributed by atoms with E-state index in [1.54, 1.807) is 28.9 Å². The highest BCUT2D eigenvalue weighted by Gasteiger charge is 2.19. The molecular formula is C14H14N2OS2. The van der Waals surface area contributed by atoms with Crippen LogP contribution in [0.4, 0.5) is 0 Å². The molecule has 1 aliphatic rings. The van der Waals surface area contributed by atoms with Crippen molar-refractivity contribution in [3.8, 4) is 0 Å². The molecule has 0 unspecified atom stereocenters. The zero-order valence-corrected chi connectivity index (χ0v) is 12.0. The van der Waals surface area contributed by atoms with E-state index < -0.39 is 0 Å². The Hall–Kier alpha value is -1.46. The third kappa shape index (κ3) is 2.77. The van der Waals surface area contributed by atoms with Crippen LogP contribution in [0.1, 0.15) is 38.5 Å². The van der Waals surface area contributed by atoms with Crippen molar-refractivity contribution in [1.29, 1.82) is 0 Å². The summed E-state index contributed by atoms with van der Waals surface area (Å²) < 4.78 is 0. The highest BCUT2D eigenvalue weighted by molar-refractivity contribution is 7.11. The SMILES string of the molecule is O=C(N/N=C/c1cccs1)c1csc2c1CCCC2. The summed E-state index contributed by atoms with van der Waals surface area (Å²) in [6.45, 7) is 0. The lowest BCUT2D eigenvalue weighted by atomic mass is 9.96. The van der Waals surface area contributed by atoms with Gasteiger partial charge in [0.15, 0.2) is 0 Å². The number of amides is 1. The van der Waals surface area contributed by atoms with E-state index in [1.807, 2.05) is 22.9 Å². The number of fused-ring (bicyclic) bond motifs is 1. The highest BCUT2D eigenvalue weighted by Crippen LogP contribution is 2.30. The van der Waals surface area contributed by atoms with Gasteiger partial charge in [-0.05, 0) is 42.7 Å². The third-order valence-corrected chi connectivity index (χ3v) is 5.10. The summed E-state index contributed by atoms with van der Waals surface area (Å²) >= 11 is 3.30. The second kappa shape index (κ2) is 5.67. The monoisotopic (exact) mass is 290 g/mol. The van der Waals surface area contributed by atoms with E-state index >= 15 is 0 Å². The van der Waals surface area contributed by atoms with Crippen LogP contribution in [0.2, 0.25) is 0 Å². The average Bonchev–Trinajstić information content (AvgIpc) is 3.07. The number of nitrogens with one attached hydrogen (secondary N) is 1. The van der Waals surface area contributed by atoms with E-state index in [0.29, 0.717) is 0 Å². The lowest BCUT2D eigenvalue weighted by molar-refractivity contribution is 0.0954. The van der Waals surface area contributed by atoms with Crippen LogP contribution < -0.4 is 5.43 Å². The second-order valence-corrected chi connectivity index (χ2v) is 6.42. The molecule has 0 aromatic carbocycles. The molecule has 0 spiro atoms. The maximum absolute atomic E-state index is 12.1. The number of thiophene rings is 2. The molecule has 2 aromatic heterocycles.